The molecule has 2 rings (SSSR count). The van der Waals surface area contributed by atoms with Crippen LogP contribution in [0.1, 0.15) is 52.2 Å². The average Bonchev–Trinajstić information content (AvgIpc) is 3.18. The van der Waals surface area contributed by atoms with Crippen LogP contribution in [0.5, 0.6) is 0 Å². The van der Waals surface area contributed by atoms with Crippen molar-refractivity contribution in [2.75, 3.05) is 0 Å². The summed E-state index contributed by atoms with van der Waals surface area (Å²) >= 11 is 0. The smallest absolute Gasteiger partial charge is 0.0563 e. The molecule has 0 aliphatic carbocycles. The van der Waals surface area contributed by atoms with Crippen molar-refractivity contribution in [1.82, 2.24) is 15.2 Å². The lowest BCUT2D eigenvalue weighted by molar-refractivity contribution is 1.09. The highest BCUT2D eigenvalue weighted by Gasteiger charge is 1.99. The van der Waals surface area contributed by atoms with Gasteiger partial charge in [0.15, 0.2) is 0 Å². The Morgan fingerprint density at radius 1 is 1.23 bits per heavy atom. The Kier molecular flexibility index (Phi) is 13.0. The second kappa shape index (κ2) is 14.6. The number of hydrogen-bond donors (Lipinski definition) is 1. The van der Waals surface area contributed by atoms with Crippen molar-refractivity contribution in [2.45, 2.75) is 48.0 Å². The standard InChI is InChI=1S/C12H17N3.C6H7N.C4H8/c1-5-11(12-7-14-15-8-12)6-13-10(4)9(2)3;1-6-3-2-4-7-5-6;1-3-4-2/h6-8H,2,5H2,1,3-4H3,(H,14,15);2-5H,1H3;3-4H,1-2H3/b11-6+,13-10?;;4-3-. The summed E-state index contributed by atoms with van der Waals surface area (Å²) in [7, 11) is 0. The predicted molar refractivity (Wildman–Crippen MR) is 114 cm³/mol. The Morgan fingerprint density at radius 2 is 1.92 bits per heavy atom. The van der Waals surface area contributed by atoms with Crippen LogP contribution in [0.15, 0.2) is 72.4 Å². The van der Waals surface area contributed by atoms with E-state index in [2.05, 4.69) is 33.7 Å². The van der Waals surface area contributed by atoms with E-state index >= 15 is 0 Å². The number of nitrogens with zero attached hydrogens (tertiary/aromatic N) is 3. The molecule has 2 aromatic heterocycles. The van der Waals surface area contributed by atoms with E-state index in [1.165, 1.54) is 11.1 Å². The van der Waals surface area contributed by atoms with Crippen LogP contribution in [-0.4, -0.2) is 20.9 Å². The average molecular weight is 353 g/mol. The van der Waals surface area contributed by atoms with Gasteiger partial charge in [0.2, 0.25) is 0 Å². The second-order valence-corrected chi connectivity index (χ2v) is 5.69. The van der Waals surface area contributed by atoms with Crippen LogP contribution in [-0.2, 0) is 0 Å². The van der Waals surface area contributed by atoms with Gasteiger partial charge < -0.3 is 0 Å². The number of rotatable bonds is 4. The molecule has 0 radical (unpaired) electrons. The summed E-state index contributed by atoms with van der Waals surface area (Å²) in [5, 5.41) is 6.72. The molecular weight excluding hydrogens is 320 g/mol. The van der Waals surface area contributed by atoms with Crippen molar-refractivity contribution < 1.29 is 0 Å². The lowest BCUT2D eigenvalue weighted by Gasteiger charge is -1.99. The number of allylic oxidation sites excluding steroid dienone is 4. The third kappa shape index (κ3) is 10.9. The van der Waals surface area contributed by atoms with Crippen molar-refractivity contribution in [3.63, 3.8) is 0 Å². The van der Waals surface area contributed by atoms with Crippen LogP contribution >= 0.6 is 0 Å². The first-order valence-corrected chi connectivity index (χ1v) is 8.78. The quantitative estimate of drug-likeness (QED) is 0.528. The van der Waals surface area contributed by atoms with E-state index < -0.39 is 0 Å². The van der Waals surface area contributed by atoms with Gasteiger partial charge in [-0.3, -0.25) is 15.1 Å². The number of pyridine rings is 1. The zero-order chi connectivity index (χ0) is 19.8. The first-order valence-electron chi connectivity index (χ1n) is 8.78. The van der Waals surface area contributed by atoms with Gasteiger partial charge in [-0.1, -0.05) is 31.7 Å². The maximum absolute atomic E-state index is 4.36. The maximum atomic E-state index is 4.36. The molecule has 0 saturated carbocycles. The highest BCUT2D eigenvalue weighted by atomic mass is 15.1. The number of aromatic amines is 1. The Morgan fingerprint density at radius 3 is 2.27 bits per heavy atom. The molecule has 0 unspecified atom stereocenters. The lowest BCUT2D eigenvalue weighted by atomic mass is 10.1. The zero-order valence-electron chi connectivity index (χ0n) is 17.0. The molecule has 0 bridgehead atoms. The molecule has 0 saturated heterocycles. The van der Waals surface area contributed by atoms with E-state index in [4.69, 9.17) is 0 Å². The van der Waals surface area contributed by atoms with Gasteiger partial charge in [0.1, 0.15) is 0 Å². The summed E-state index contributed by atoms with van der Waals surface area (Å²) in [5.74, 6) is 0. The van der Waals surface area contributed by atoms with E-state index in [0.29, 0.717) is 0 Å². The summed E-state index contributed by atoms with van der Waals surface area (Å²) in [6, 6.07) is 3.95. The molecule has 0 aromatic carbocycles. The minimum atomic E-state index is 0.937. The largest absolute Gasteiger partial charge is 0.285 e. The predicted octanol–water partition coefficient (Wildman–Crippen LogP) is 6.17. The van der Waals surface area contributed by atoms with Crippen molar-refractivity contribution in [1.29, 1.82) is 0 Å². The molecule has 0 aliphatic heterocycles. The van der Waals surface area contributed by atoms with E-state index in [-0.39, 0.29) is 0 Å². The molecule has 4 nitrogen and oxygen atoms in total. The molecule has 0 atom stereocenters. The number of hydrogen-bond acceptors (Lipinski definition) is 3. The van der Waals surface area contributed by atoms with E-state index in [1.807, 2.05) is 77.5 Å². The van der Waals surface area contributed by atoms with Gasteiger partial charge in [-0.15, -0.1) is 0 Å². The molecule has 1 N–H and O–H groups in total. The van der Waals surface area contributed by atoms with Crippen LogP contribution in [0.25, 0.3) is 5.57 Å². The minimum Gasteiger partial charge on any atom is -0.285 e. The molecule has 2 heterocycles. The second-order valence-electron chi connectivity index (χ2n) is 5.69. The van der Waals surface area contributed by atoms with Gasteiger partial charge in [0.05, 0.1) is 6.20 Å². The molecule has 140 valence electrons. The normalized spacial score (nSPS) is 11.3. The highest BCUT2D eigenvalue weighted by molar-refractivity contribution is 5.97. The molecule has 0 fully saturated rings. The number of aryl methyl sites for hydroxylation is 1. The maximum Gasteiger partial charge on any atom is 0.0563 e. The molecule has 0 spiro atoms. The summed E-state index contributed by atoms with van der Waals surface area (Å²) in [6.45, 7) is 15.9. The fourth-order valence-electron chi connectivity index (χ4n) is 1.53. The third-order valence-corrected chi connectivity index (χ3v) is 3.42. The van der Waals surface area contributed by atoms with Crippen LogP contribution in [0.3, 0.4) is 0 Å². The third-order valence-electron chi connectivity index (χ3n) is 3.42. The SMILES string of the molecule is C/C=C\C.C=C(C)C(C)=N/C=C(\CC)c1cn[nH]c1.Cc1cccnc1. The monoisotopic (exact) mass is 352 g/mol. The fourth-order valence-corrected chi connectivity index (χ4v) is 1.53. The van der Waals surface area contributed by atoms with E-state index in [1.54, 1.807) is 12.4 Å². The van der Waals surface area contributed by atoms with Crippen LogP contribution in [0.2, 0.25) is 0 Å². The van der Waals surface area contributed by atoms with Crippen LogP contribution in [0, 0.1) is 6.92 Å². The number of nitrogens with one attached hydrogen (secondary N) is 1. The summed E-state index contributed by atoms with van der Waals surface area (Å²) in [4.78, 5) is 8.25. The van der Waals surface area contributed by atoms with Gasteiger partial charge in [-0.25, -0.2) is 0 Å². The molecule has 4 heteroatoms. The van der Waals surface area contributed by atoms with Crippen LogP contribution < -0.4 is 0 Å². The zero-order valence-corrected chi connectivity index (χ0v) is 17.0. The van der Waals surface area contributed by atoms with E-state index in [9.17, 15) is 0 Å². The Bertz CT molecular complexity index is 689. The Hall–Kier alpha value is -2.75. The van der Waals surface area contributed by atoms with Gasteiger partial charge in [-0.2, -0.15) is 5.10 Å². The molecular formula is C22H32N4. The highest BCUT2D eigenvalue weighted by Crippen LogP contribution is 2.16. The number of aliphatic imine (C=N–C) groups is 1. The first-order chi connectivity index (χ1) is 12.5. The van der Waals surface area contributed by atoms with Gasteiger partial charge >= 0.3 is 0 Å². The molecule has 26 heavy (non-hydrogen) atoms. The van der Waals surface area contributed by atoms with Crippen molar-refractivity contribution in [3.05, 3.63) is 78.6 Å². The minimum absolute atomic E-state index is 0.937. The van der Waals surface area contributed by atoms with Crippen molar-refractivity contribution in [3.8, 4) is 0 Å². The molecule has 0 aliphatic rings. The Balaban J connectivity index is 0.000000467. The Labute approximate surface area is 158 Å². The van der Waals surface area contributed by atoms with Gasteiger partial charge in [-0.05, 0) is 63.8 Å². The fraction of sp³-hybridized carbons (Fsp3) is 0.318. The summed E-state index contributed by atoms with van der Waals surface area (Å²) in [6.07, 6.45) is 14.1. The van der Waals surface area contributed by atoms with E-state index in [0.717, 1.165) is 23.3 Å². The summed E-state index contributed by atoms with van der Waals surface area (Å²) in [5.41, 5.74) is 5.43. The first kappa shape index (κ1) is 23.2. The topological polar surface area (TPSA) is 53.9 Å². The molecule has 2 aromatic rings. The number of H-pyrrole nitrogens is 1. The van der Waals surface area contributed by atoms with Crippen molar-refractivity contribution in [2.24, 2.45) is 4.99 Å². The van der Waals surface area contributed by atoms with Gasteiger partial charge in [0, 0.05) is 36.1 Å². The van der Waals surface area contributed by atoms with Crippen LogP contribution in [0.4, 0.5) is 0 Å². The van der Waals surface area contributed by atoms with Crippen molar-refractivity contribution >= 4 is 11.3 Å². The van der Waals surface area contributed by atoms with Gasteiger partial charge in [0.25, 0.3) is 0 Å². The molecule has 0 amide bonds. The number of aromatic nitrogens is 3. The lowest BCUT2D eigenvalue weighted by Crippen LogP contribution is -1.90. The summed E-state index contributed by atoms with van der Waals surface area (Å²) < 4.78 is 0.